The maximum Gasteiger partial charge on any atom is 0.214 e. The van der Waals surface area contributed by atoms with Crippen molar-refractivity contribution in [1.82, 2.24) is 15.0 Å². The van der Waals surface area contributed by atoms with Crippen molar-refractivity contribution in [2.24, 2.45) is 0 Å². The molecule has 2 aromatic rings. The van der Waals surface area contributed by atoms with Gasteiger partial charge in [0, 0.05) is 11.6 Å². The minimum atomic E-state index is -0.897. The lowest BCUT2D eigenvalue weighted by Gasteiger charge is -2.10. The maximum absolute atomic E-state index is 13.9. The van der Waals surface area contributed by atoms with Gasteiger partial charge >= 0.3 is 0 Å². The fourth-order valence-corrected chi connectivity index (χ4v) is 1.86. The number of pyridine rings is 1. The highest BCUT2D eigenvalue weighted by atomic mass is 19.1. The molecule has 2 aromatic heterocycles. The molecule has 0 fully saturated rings. The molecular formula is C15H16FN3O2. The molecular weight excluding hydrogens is 273 g/mol. The number of aliphatic hydroxyl groups excluding tert-OH is 1. The van der Waals surface area contributed by atoms with E-state index in [1.807, 2.05) is 6.92 Å². The Labute approximate surface area is 122 Å². The molecule has 6 heteroatoms. The highest BCUT2D eigenvalue weighted by molar-refractivity contribution is 5.62. The number of aromatic nitrogens is 3. The average Bonchev–Trinajstić information content (AvgIpc) is 2.49. The third-order valence-electron chi connectivity index (χ3n) is 2.87. The van der Waals surface area contributed by atoms with E-state index in [0.29, 0.717) is 29.6 Å². The first-order chi connectivity index (χ1) is 10.1. The summed E-state index contributed by atoms with van der Waals surface area (Å²) in [5, 5.41) is 9.66. The Morgan fingerprint density at radius 3 is 2.81 bits per heavy atom. The number of ether oxygens (including phenoxy) is 1. The van der Waals surface area contributed by atoms with Gasteiger partial charge in [-0.1, -0.05) is 6.08 Å². The number of aryl methyl sites for hydroxylation is 1. The molecule has 0 saturated carbocycles. The van der Waals surface area contributed by atoms with Crippen LogP contribution in [0.3, 0.4) is 0 Å². The zero-order chi connectivity index (χ0) is 15.4. The number of hydrogen-bond donors (Lipinski definition) is 1. The Balaban J connectivity index is 2.46. The van der Waals surface area contributed by atoms with Crippen LogP contribution in [0.1, 0.15) is 24.4 Å². The van der Waals surface area contributed by atoms with Crippen LogP contribution in [0.4, 0.5) is 4.39 Å². The molecule has 110 valence electrons. The van der Waals surface area contributed by atoms with Gasteiger partial charge in [-0.15, -0.1) is 6.58 Å². The summed E-state index contributed by atoms with van der Waals surface area (Å²) in [6.45, 7) is 7.45. The highest BCUT2D eigenvalue weighted by Gasteiger charge is 2.15. The summed E-state index contributed by atoms with van der Waals surface area (Å²) in [5.74, 6) is -0.182. The van der Waals surface area contributed by atoms with Crippen LogP contribution >= 0.6 is 0 Å². The molecule has 5 nitrogen and oxygen atoms in total. The molecule has 0 aliphatic carbocycles. The van der Waals surface area contributed by atoms with Gasteiger partial charge in [0.2, 0.25) is 5.88 Å². The summed E-state index contributed by atoms with van der Waals surface area (Å²) in [5.41, 5.74) is 1.51. The van der Waals surface area contributed by atoms with Gasteiger partial charge in [0.25, 0.3) is 0 Å². The SMILES string of the molecule is C=CC(O)c1cnc(-c2cc(OCC)ncc2F)c(C)n1. The van der Waals surface area contributed by atoms with E-state index < -0.39 is 11.9 Å². The smallest absolute Gasteiger partial charge is 0.214 e. The Kier molecular flexibility index (Phi) is 4.59. The molecule has 0 spiro atoms. The fourth-order valence-electron chi connectivity index (χ4n) is 1.86. The molecule has 2 heterocycles. The van der Waals surface area contributed by atoms with Gasteiger partial charge in [-0.25, -0.2) is 9.37 Å². The first kappa shape index (κ1) is 15.1. The number of rotatable bonds is 5. The van der Waals surface area contributed by atoms with Crippen molar-refractivity contribution in [2.75, 3.05) is 6.61 Å². The quantitative estimate of drug-likeness (QED) is 0.857. The summed E-state index contributed by atoms with van der Waals surface area (Å²) in [4.78, 5) is 12.3. The van der Waals surface area contributed by atoms with Gasteiger partial charge in [-0.2, -0.15) is 0 Å². The van der Waals surface area contributed by atoms with Crippen LogP contribution in [0.5, 0.6) is 5.88 Å². The van der Waals surface area contributed by atoms with Gasteiger partial charge in [0.15, 0.2) is 5.82 Å². The minimum Gasteiger partial charge on any atom is -0.478 e. The summed E-state index contributed by atoms with van der Waals surface area (Å²) >= 11 is 0. The normalized spacial score (nSPS) is 12.0. The minimum absolute atomic E-state index is 0.262. The third-order valence-corrected chi connectivity index (χ3v) is 2.87. The molecule has 0 bridgehead atoms. The Hall–Kier alpha value is -2.34. The first-order valence-electron chi connectivity index (χ1n) is 6.49. The van der Waals surface area contributed by atoms with Gasteiger partial charge in [-0.05, 0) is 13.8 Å². The molecule has 0 aliphatic rings. The van der Waals surface area contributed by atoms with Gasteiger partial charge in [0.1, 0.15) is 6.10 Å². The number of halogens is 1. The number of nitrogens with zero attached hydrogens (tertiary/aromatic N) is 3. The van der Waals surface area contributed by atoms with E-state index in [4.69, 9.17) is 4.74 Å². The molecule has 21 heavy (non-hydrogen) atoms. The van der Waals surface area contributed by atoms with Crippen LogP contribution < -0.4 is 4.74 Å². The van der Waals surface area contributed by atoms with E-state index in [-0.39, 0.29) is 5.56 Å². The van der Waals surface area contributed by atoms with Crippen LogP contribution in [0.2, 0.25) is 0 Å². The van der Waals surface area contributed by atoms with E-state index in [9.17, 15) is 9.50 Å². The van der Waals surface area contributed by atoms with Crippen molar-refractivity contribution in [2.45, 2.75) is 20.0 Å². The van der Waals surface area contributed by atoms with Crippen molar-refractivity contribution < 1.29 is 14.2 Å². The van der Waals surface area contributed by atoms with Crippen LogP contribution in [-0.2, 0) is 0 Å². The molecule has 1 atom stereocenters. The third kappa shape index (κ3) is 3.22. The van der Waals surface area contributed by atoms with Crippen LogP contribution in [0, 0.1) is 12.7 Å². The zero-order valence-corrected chi connectivity index (χ0v) is 11.9. The highest BCUT2D eigenvalue weighted by Crippen LogP contribution is 2.26. The van der Waals surface area contributed by atoms with Crippen LogP contribution in [0.15, 0.2) is 31.1 Å². The lowest BCUT2D eigenvalue weighted by atomic mass is 10.1. The molecule has 1 unspecified atom stereocenters. The second kappa shape index (κ2) is 6.41. The summed E-state index contributed by atoms with van der Waals surface area (Å²) < 4.78 is 19.2. The predicted octanol–water partition coefficient (Wildman–Crippen LogP) is 2.60. The molecule has 0 aliphatic heterocycles. The topological polar surface area (TPSA) is 68.1 Å². The molecule has 2 rings (SSSR count). The van der Waals surface area contributed by atoms with Crippen molar-refractivity contribution in [3.8, 4) is 17.1 Å². The number of hydrogen-bond acceptors (Lipinski definition) is 5. The van der Waals surface area contributed by atoms with Gasteiger partial charge in [0.05, 0.1) is 36.1 Å². The molecule has 1 N–H and O–H groups in total. The second-order valence-electron chi connectivity index (χ2n) is 4.34. The second-order valence-corrected chi connectivity index (χ2v) is 4.34. The molecule has 0 aromatic carbocycles. The van der Waals surface area contributed by atoms with Crippen molar-refractivity contribution in [3.05, 3.63) is 48.3 Å². The Morgan fingerprint density at radius 2 is 2.19 bits per heavy atom. The monoisotopic (exact) mass is 289 g/mol. The average molecular weight is 289 g/mol. The van der Waals surface area contributed by atoms with E-state index in [1.165, 1.54) is 18.3 Å². The van der Waals surface area contributed by atoms with Crippen molar-refractivity contribution in [3.63, 3.8) is 0 Å². The fraction of sp³-hybridized carbons (Fsp3) is 0.267. The lowest BCUT2D eigenvalue weighted by molar-refractivity contribution is 0.223. The van der Waals surface area contributed by atoms with E-state index >= 15 is 0 Å². The van der Waals surface area contributed by atoms with E-state index in [1.54, 1.807) is 6.92 Å². The first-order valence-corrected chi connectivity index (χ1v) is 6.49. The predicted molar refractivity (Wildman–Crippen MR) is 76.3 cm³/mol. The van der Waals surface area contributed by atoms with Gasteiger partial charge < -0.3 is 9.84 Å². The standard InChI is InChI=1S/C15H16FN3O2/c1-4-13(20)12-8-18-15(9(3)19-12)10-6-14(21-5-2)17-7-11(10)16/h4,6-8,13,20H,1,5H2,2-3H3. The van der Waals surface area contributed by atoms with Crippen LogP contribution in [0.25, 0.3) is 11.3 Å². The zero-order valence-electron chi connectivity index (χ0n) is 11.9. The van der Waals surface area contributed by atoms with Crippen molar-refractivity contribution in [1.29, 1.82) is 0 Å². The van der Waals surface area contributed by atoms with E-state index in [2.05, 4.69) is 21.5 Å². The summed E-state index contributed by atoms with van der Waals surface area (Å²) in [6, 6.07) is 1.49. The van der Waals surface area contributed by atoms with E-state index in [0.717, 1.165) is 6.20 Å². The number of aliphatic hydroxyl groups is 1. The molecule has 0 saturated heterocycles. The Bertz CT molecular complexity index is 661. The lowest BCUT2D eigenvalue weighted by Crippen LogP contribution is -2.03. The van der Waals surface area contributed by atoms with Gasteiger partial charge in [-0.3, -0.25) is 9.97 Å². The molecule has 0 radical (unpaired) electrons. The van der Waals surface area contributed by atoms with Crippen LogP contribution in [-0.4, -0.2) is 26.7 Å². The summed E-state index contributed by atoms with van der Waals surface area (Å²) in [7, 11) is 0. The molecule has 0 amide bonds. The summed E-state index contributed by atoms with van der Waals surface area (Å²) in [6.07, 6.45) is 2.94. The largest absolute Gasteiger partial charge is 0.478 e. The van der Waals surface area contributed by atoms with Crippen molar-refractivity contribution >= 4 is 0 Å². The maximum atomic E-state index is 13.9. The Morgan fingerprint density at radius 1 is 1.43 bits per heavy atom.